The molecule has 0 aromatic heterocycles. The molecule has 0 aliphatic carbocycles. The summed E-state index contributed by atoms with van der Waals surface area (Å²) in [6.45, 7) is 2.75. The summed E-state index contributed by atoms with van der Waals surface area (Å²) in [5.41, 5.74) is 0.293. The van der Waals surface area contributed by atoms with Crippen LogP contribution in [0.15, 0.2) is 23.3 Å². The highest BCUT2D eigenvalue weighted by atomic mass is 35.5. The molecule has 0 saturated carbocycles. The smallest absolute Gasteiger partial charge is 0.331 e. The fourth-order valence-corrected chi connectivity index (χ4v) is 1.76. The molecule has 0 radical (unpaired) electrons. The van der Waals surface area contributed by atoms with E-state index in [-0.39, 0.29) is 31.9 Å². The second-order valence-electron chi connectivity index (χ2n) is 3.76. The summed E-state index contributed by atoms with van der Waals surface area (Å²) in [6.07, 6.45) is 0. The van der Waals surface area contributed by atoms with Gasteiger partial charge in [0.1, 0.15) is 0 Å². The lowest BCUT2D eigenvalue weighted by atomic mass is 10.1. The summed E-state index contributed by atoms with van der Waals surface area (Å²) < 4.78 is 0. The van der Waals surface area contributed by atoms with E-state index in [4.69, 9.17) is 39.9 Å². The van der Waals surface area contributed by atoms with Crippen LogP contribution in [0.4, 0.5) is 5.69 Å². The van der Waals surface area contributed by atoms with Gasteiger partial charge in [0.2, 0.25) is 0 Å². The number of aliphatic carboxylic acids is 1. The first kappa shape index (κ1) is 15.8. The van der Waals surface area contributed by atoms with Crippen LogP contribution in [0.2, 0.25) is 15.1 Å². The summed E-state index contributed by atoms with van der Waals surface area (Å²) in [6, 6.07) is 2.79. The Morgan fingerprint density at radius 2 is 1.53 bits per heavy atom. The standard InChI is InChI=1S/C12H10Cl3NO3/c1-5(6(2)12(18)19)11(17)16-10-4-8(14)7(13)3-9(10)15/h3-4H,1-2H3,(H,16,17)(H,18,19)/b6-5-. The molecule has 0 aliphatic rings. The Labute approximate surface area is 125 Å². The topological polar surface area (TPSA) is 66.4 Å². The fourth-order valence-electron chi connectivity index (χ4n) is 1.17. The van der Waals surface area contributed by atoms with E-state index >= 15 is 0 Å². The zero-order valence-corrected chi connectivity index (χ0v) is 12.3. The Bertz CT molecular complexity index is 582. The molecule has 0 atom stereocenters. The van der Waals surface area contributed by atoms with Gasteiger partial charge in [-0.05, 0) is 26.0 Å². The Hall–Kier alpha value is -1.23. The summed E-state index contributed by atoms with van der Waals surface area (Å²) in [7, 11) is 0. The van der Waals surface area contributed by atoms with Gasteiger partial charge in [0.25, 0.3) is 5.91 Å². The Balaban J connectivity index is 3.05. The number of anilines is 1. The third-order valence-corrected chi connectivity index (χ3v) is 3.52. The van der Waals surface area contributed by atoms with E-state index < -0.39 is 11.9 Å². The SMILES string of the molecule is C/C(C(=O)O)=C(\C)C(=O)Nc1cc(Cl)c(Cl)cc1Cl. The number of carboxylic acids is 1. The van der Waals surface area contributed by atoms with Gasteiger partial charge in [0.15, 0.2) is 0 Å². The second kappa shape index (κ2) is 6.28. The molecule has 0 bridgehead atoms. The quantitative estimate of drug-likeness (QED) is 0.653. The molecule has 0 saturated heterocycles. The molecule has 102 valence electrons. The molecule has 7 heteroatoms. The van der Waals surface area contributed by atoms with Crippen LogP contribution in [-0.2, 0) is 9.59 Å². The average molecular weight is 323 g/mol. The lowest BCUT2D eigenvalue weighted by Crippen LogP contribution is -2.16. The number of hydrogen-bond donors (Lipinski definition) is 2. The molecule has 0 fully saturated rings. The van der Waals surface area contributed by atoms with E-state index in [1.807, 2.05) is 0 Å². The summed E-state index contributed by atoms with van der Waals surface area (Å²) >= 11 is 17.5. The summed E-state index contributed by atoms with van der Waals surface area (Å²) in [4.78, 5) is 22.6. The maximum Gasteiger partial charge on any atom is 0.331 e. The molecule has 1 amide bonds. The van der Waals surface area contributed by atoms with Gasteiger partial charge in [-0.15, -0.1) is 0 Å². The molecule has 1 rings (SSSR count). The van der Waals surface area contributed by atoms with Crippen molar-refractivity contribution in [1.29, 1.82) is 0 Å². The minimum Gasteiger partial charge on any atom is -0.478 e. The highest BCUT2D eigenvalue weighted by molar-refractivity contribution is 6.44. The Kier molecular flexibility index (Phi) is 5.23. The first-order valence-corrected chi connectivity index (χ1v) is 6.24. The molecule has 19 heavy (non-hydrogen) atoms. The maximum absolute atomic E-state index is 11.8. The number of amides is 1. The van der Waals surface area contributed by atoms with Gasteiger partial charge in [-0.1, -0.05) is 34.8 Å². The minimum atomic E-state index is -1.16. The number of hydrogen-bond acceptors (Lipinski definition) is 2. The van der Waals surface area contributed by atoms with Crippen LogP contribution in [0.3, 0.4) is 0 Å². The van der Waals surface area contributed by atoms with Crippen LogP contribution < -0.4 is 5.32 Å². The summed E-state index contributed by atoms with van der Waals surface area (Å²) in [5, 5.41) is 12.0. The van der Waals surface area contributed by atoms with Crippen LogP contribution in [-0.4, -0.2) is 17.0 Å². The molecule has 1 aromatic carbocycles. The number of halogens is 3. The Morgan fingerprint density at radius 3 is 2.05 bits per heavy atom. The van der Waals surface area contributed by atoms with Crippen molar-refractivity contribution >= 4 is 52.4 Å². The number of carbonyl (C=O) groups is 2. The molecular formula is C12H10Cl3NO3. The van der Waals surface area contributed by atoms with Crippen molar-refractivity contribution in [3.63, 3.8) is 0 Å². The highest BCUT2D eigenvalue weighted by Gasteiger charge is 2.15. The highest BCUT2D eigenvalue weighted by Crippen LogP contribution is 2.32. The first-order valence-electron chi connectivity index (χ1n) is 5.10. The average Bonchev–Trinajstić information content (AvgIpc) is 2.33. The van der Waals surface area contributed by atoms with Crippen molar-refractivity contribution in [2.75, 3.05) is 5.32 Å². The molecule has 0 spiro atoms. The van der Waals surface area contributed by atoms with Gasteiger partial charge < -0.3 is 10.4 Å². The number of nitrogens with one attached hydrogen (secondary N) is 1. The van der Waals surface area contributed by atoms with Crippen LogP contribution >= 0.6 is 34.8 Å². The van der Waals surface area contributed by atoms with E-state index in [2.05, 4.69) is 5.32 Å². The zero-order chi connectivity index (χ0) is 14.7. The zero-order valence-electron chi connectivity index (χ0n) is 10.1. The number of carbonyl (C=O) groups excluding carboxylic acids is 1. The molecule has 0 aliphatic heterocycles. The van der Waals surface area contributed by atoms with Crippen molar-refractivity contribution in [3.05, 3.63) is 38.3 Å². The maximum atomic E-state index is 11.8. The monoisotopic (exact) mass is 321 g/mol. The minimum absolute atomic E-state index is 0.0475. The van der Waals surface area contributed by atoms with Gasteiger partial charge in [0, 0.05) is 11.1 Å². The molecule has 0 unspecified atom stereocenters. The number of rotatable bonds is 3. The lowest BCUT2D eigenvalue weighted by Gasteiger charge is -2.09. The second-order valence-corrected chi connectivity index (χ2v) is 4.98. The first-order chi connectivity index (χ1) is 8.73. The molecule has 1 aromatic rings. The van der Waals surface area contributed by atoms with E-state index in [9.17, 15) is 9.59 Å². The largest absolute Gasteiger partial charge is 0.478 e. The van der Waals surface area contributed by atoms with Gasteiger partial charge in [0.05, 0.1) is 20.8 Å². The molecule has 2 N–H and O–H groups in total. The third-order valence-electron chi connectivity index (χ3n) is 2.48. The lowest BCUT2D eigenvalue weighted by molar-refractivity contribution is -0.133. The normalized spacial score (nSPS) is 11.8. The van der Waals surface area contributed by atoms with Crippen LogP contribution in [0.5, 0.6) is 0 Å². The van der Waals surface area contributed by atoms with Gasteiger partial charge in [-0.25, -0.2) is 4.79 Å². The van der Waals surface area contributed by atoms with Crippen molar-refractivity contribution in [1.82, 2.24) is 0 Å². The molecular weight excluding hydrogens is 312 g/mol. The van der Waals surface area contributed by atoms with Gasteiger partial charge in [-0.3, -0.25) is 4.79 Å². The van der Waals surface area contributed by atoms with E-state index in [0.717, 1.165) is 0 Å². The molecule has 0 heterocycles. The van der Waals surface area contributed by atoms with Gasteiger partial charge in [-0.2, -0.15) is 0 Å². The number of benzene rings is 1. The fraction of sp³-hybridized carbons (Fsp3) is 0.167. The van der Waals surface area contributed by atoms with E-state index in [1.165, 1.54) is 26.0 Å². The van der Waals surface area contributed by atoms with Crippen molar-refractivity contribution in [2.45, 2.75) is 13.8 Å². The van der Waals surface area contributed by atoms with Crippen LogP contribution in [0, 0.1) is 0 Å². The summed E-state index contributed by atoms with van der Waals surface area (Å²) in [5.74, 6) is -1.73. The van der Waals surface area contributed by atoms with Crippen molar-refractivity contribution in [3.8, 4) is 0 Å². The van der Waals surface area contributed by atoms with E-state index in [1.54, 1.807) is 0 Å². The van der Waals surface area contributed by atoms with Crippen LogP contribution in [0.1, 0.15) is 13.8 Å². The van der Waals surface area contributed by atoms with Crippen LogP contribution in [0.25, 0.3) is 0 Å². The predicted molar refractivity (Wildman–Crippen MR) is 76.1 cm³/mol. The van der Waals surface area contributed by atoms with Crippen molar-refractivity contribution < 1.29 is 14.7 Å². The van der Waals surface area contributed by atoms with Gasteiger partial charge >= 0.3 is 5.97 Å². The Morgan fingerprint density at radius 1 is 1.00 bits per heavy atom. The third kappa shape index (κ3) is 3.86. The number of carboxylic acid groups (broad SMARTS) is 1. The molecule has 4 nitrogen and oxygen atoms in total. The van der Waals surface area contributed by atoms with E-state index in [0.29, 0.717) is 0 Å². The van der Waals surface area contributed by atoms with Crippen molar-refractivity contribution in [2.24, 2.45) is 0 Å². The predicted octanol–water partition coefficient (Wildman–Crippen LogP) is 4.01.